The van der Waals surface area contributed by atoms with Crippen molar-refractivity contribution < 1.29 is 17.9 Å². The zero-order chi connectivity index (χ0) is 16.7. The molecule has 1 aromatic carbocycles. The number of sulfonamides is 1. The molecule has 0 aromatic heterocycles. The maximum Gasteiger partial charge on any atom is 0.338 e. The first-order chi connectivity index (χ1) is 11.0. The van der Waals surface area contributed by atoms with Crippen molar-refractivity contribution in [2.24, 2.45) is 0 Å². The molecule has 0 atom stereocenters. The third kappa shape index (κ3) is 5.18. The van der Waals surface area contributed by atoms with E-state index >= 15 is 0 Å². The van der Waals surface area contributed by atoms with Crippen molar-refractivity contribution in [2.75, 3.05) is 13.2 Å². The molecular formula is C17H23NO4S. The van der Waals surface area contributed by atoms with Crippen LogP contribution in [0.25, 0.3) is 0 Å². The molecule has 0 heterocycles. The SMILES string of the molecule is CCOC(=O)c1ccc(S(=O)(=O)NCCC2=CCCCC2)cc1. The molecule has 0 amide bonds. The van der Waals surface area contributed by atoms with Crippen LogP contribution in [0.4, 0.5) is 0 Å². The van der Waals surface area contributed by atoms with Gasteiger partial charge in [-0.1, -0.05) is 11.6 Å². The highest BCUT2D eigenvalue weighted by molar-refractivity contribution is 7.89. The summed E-state index contributed by atoms with van der Waals surface area (Å²) in [7, 11) is -3.55. The minimum Gasteiger partial charge on any atom is -0.462 e. The summed E-state index contributed by atoms with van der Waals surface area (Å²) in [5, 5.41) is 0. The van der Waals surface area contributed by atoms with Gasteiger partial charge in [-0.2, -0.15) is 0 Å². The monoisotopic (exact) mass is 337 g/mol. The Labute approximate surface area is 137 Å². The van der Waals surface area contributed by atoms with Gasteiger partial charge in [-0.05, 0) is 63.3 Å². The molecule has 0 spiro atoms. The molecule has 0 unspecified atom stereocenters. The first-order valence-corrected chi connectivity index (χ1v) is 9.46. The maximum atomic E-state index is 12.2. The van der Waals surface area contributed by atoms with Crippen LogP contribution in [-0.4, -0.2) is 27.5 Å². The molecule has 23 heavy (non-hydrogen) atoms. The van der Waals surface area contributed by atoms with Gasteiger partial charge >= 0.3 is 5.97 Å². The lowest BCUT2D eigenvalue weighted by atomic mass is 9.97. The molecule has 0 bridgehead atoms. The first kappa shape index (κ1) is 17.7. The summed E-state index contributed by atoms with van der Waals surface area (Å²) in [4.78, 5) is 11.7. The molecule has 2 rings (SSSR count). The van der Waals surface area contributed by atoms with Gasteiger partial charge in [-0.15, -0.1) is 0 Å². The average molecular weight is 337 g/mol. The summed E-state index contributed by atoms with van der Waals surface area (Å²) in [6.07, 6.45) is 7.54. The Morgan fingerprint density at radius 2 is 1.96 bits per heavy atom. The van der Waals surface area contributed by atoms with Gasteiger partial charge in [0.15, 0.2) is 0 Å². The normalized spacial score (nSPS) is 15.1. The molecule has 0 radical (unpaired) electrons. The van der Waals surface area contributed by atoms with Crippen molar-refractivity contribution in [2.45, 2.75) is 43.9 Å². The predicted octanol–water partition coefficient (Wildman–Crippen LogP) is 3.03. The zero-order valence-electron chi connectivity index (χ0n) is 13.4. The van der Waals surface area contributed by atoms with E-state index in [4.69, 9.17) is 4.74 Å². The van der Waals surface area contributed by atoms with E-state index in [1.54, 1.807) is 6.92 Å². The van der Waals surface area contributed by atoms with Crippen LogP contribution in [0.1, 0.15) is 49.4 Å². The number of ether oxygens (including phenoxy) is 1. The van der Waals surface area contributed by atoms with Gasteiger partial charge < -0.3 is 4.74 Å². The number of rotatable bonds is 7. The Bertz CT molecular complexity index is 662. The smallest absolute Gasteiger partial charge is 0.338 e. The Kier molecular flexibility index (Phi) is 6.36. The second-order valence-electron chi connectivity index (χ2n) is 5.50. The molecule has 5 nitrogen and oxygen atoms in total. The number of carbonyl (C=O) groups excluding carboxylic acids is 1. The molecule has 0 saturated heterocycles. The summed E-state index contributed by atoms with van der Waals surface area (Å²) in [6, 6.07) is 5.79. The molecule has 0 aliphatic heterocycles. The van der Waals surface area contributed by atoms with Gasteiger partial charge in [0.25, 0.3) is 0 Å². The molecule has 0 saturated carbocycles. The minimum absolute atomic E-state index is 0.156. The summed E-state index contributed by atoms with van der Waals surface area (Å²) < 4.78 is 32.0. The number of hydrogen-bond donors (Lipinski definition) is 1. The highest BCUT2D eigenvalue weighted by atomic mass is 32.2. The fourth-order valence-corrected chi connectivity index (χ4v) is 3.58. The molecule has 6 heteroatoms. The van der Waals surface area contributed by atoms with Crippen molar-refractivity contribution in [1.82, 2.24) is 4.72 Å². The fourth-order valence-electron chi connectivity index (χ4n) is 2.55. The quantitative estimate of drug-likeness (QED) is 0.613. The predicted molar refractivity (Wildman–Crippen MR) is 88.8 cm³/mol. The molecule has 1 N–H and O–H groups in total. The Morgan fingerprint density at radius 3 is 2.57 bits per heavy atom. The lowest BCUT2D eigenvalue weighted by Gasteiger charge is -2.13. The van der Waals surface area contributed by atoms with Crippen LogP contribution in [0, 0.1) is 0 Å². The van der Waals surface area contributed by atoms with Crippen LogP contribution < -0.4 is 4.72 Å². The lowest BCUT2D eigenvalue weighted by Crippen LogP contribution is -2.25. The van der Waals surface area contributed by atoms with Crippen LogP contribution in [-0.2, 0) is 14.8 Å². The van der Waals surface area contributed by atoms with E-state index in [0.29, 0.717) is 12.1 Å². The largest absolute Gasteiger partial charge is 0.462 e. The number of allylic oxidation sites excluding steroid dienone is 1. The van der Waals surface area contributed by atoms with E-state index < -0.39 is 16.0 Å². The van der Waals surface area contributed by atoms with Crippen LogP contribution in [0.15, 0.2) is 40.8 Å². The third-order valence-electron chi connectivity index (χ3n) is 3.80. The summed E-state index contributed by atoms with van der Waals surface area (Å²) in [5.74, 6) is -0.450. The van der Waals surface area contributed by atoms with Crippen LogP contribution in [0.2, 0.25) is 0 Å². The van der Waals surface area contributed by atoms with Crippen molar-refractivity contribution >= 4 is 16.0 Å². The first-order valence-electron chi connectivity index (χ1n) is 7.97. The number of hydrogen-bond acceptors (Lipinski definition) is 4. The van der Waals surface area contributed by atoms with Gasteiger partial charge in [0.05, 0.1) is 17.1 Å². The van der Waals surface area contributed by atoms with Crippen LogP contribution in [0.5, 0.6) is 0 Å². The molecule has 0 fully saturated rings. The Morgan fingerprint density at radius 1 is 1.22 bits per heavy atom. The van der Waals surface area contributed by atoms with E-state index in [1.165, 1.54) is 42.7 Å². The average Bonchev–Trinajstić information content (AvgIpc) is 2.56. The maximum absolute atomic E-state index is 12.2. The Hall–Kier alpha value is -1.66. The number of benzene rings is 1. The van der Waals surface area contributed by atoms with E-state index in [9.17, 15) is 13.2 Å². The molecule has 1 aliphatic carbocycles. The summed E-state index contributed by atoms with van der Waals surface area (Å²) >= 11 is 0. The standard InChI is InChI=1S/C17H23NO4S/c1-2-22-17(19)15-8-10-16(11-9-15)23(20,21)18-13-12-14-6-4-3-5-7-14/h6,8-11,18H,2-5,7,12-13H2,1H3. The summed E-state index contributed by atoms with van der Waals surface area (Å²) in [6.45, 7) is 2.41. The lowest BCUT2D eigenvalue weighted by molar-refractivity contribution is 0.0526. The number of esters is 1. The van der Waals surface area contributed by atoms with E-state index in [1.807, 2.05) is 0 Å². The van der Waals surface area contributed by atoms with Crippen LogP contribution in [0.3, 0.4) is 0 Å². The van der Waals surface area contributed by atoms with Gasteiger partial charge in [0.1, 0.15) is 0 Å². The van der Waals surface area contributed by atoms with Gasteiger partial charge in [-0.25, -0.2) is 17.9 Å². The number of nitrogens with one attached hydrogen (secondary N) is 1. The van der Waals surface area contributed by atoms with E-state index in [0.717, 1.165) is 19.3 Å². The summed E-state index contributed by atoms with van der Waals surface area (Å²) in [5.41, 5.74) is 1.68. The molecular weight excluding hydrogens is 314 g/mol. The fraction of sp³-hybridized carbons (Fsp3) is 0.471. The molecule has 1 aliphatic rings. The highest BCUT2D eigenvalue weighted by Gasteiger charge is 2.15. The molecule has 126 valence electrons. The zero-order valence-corrected chi connectivity index (χ0v) is 14.2. The van der Waals surface area contributed by atoms with Gasteiger partial charge in [0.2, 0.25) is 10.0 Å². The highest BCUT2D eigenvalue weighted by Crippen LogP contribution is 2.20. The van der Waals surface area contributed by atoms with Crippen molar-refractivity contribution in [3.8, 4) is 0 Å². The Balaban J connectivity index is 1.93. The van der Waals surface area contributed by atoms with Gasteiger partial charge in [-0.3, -0.25) is 0 Å². The van der Waals surface area contributed by atoms with Crippen molar-refractivity contribution in [3.63, 3.8) is 0 Å². The van der Waals surface area contributed by atoms with Crippen molar-refractivity contribution in [1.29, 1.82) is 0 Å². The third-order valence-corrected chi connectivity index (χ3v) is 5.28. The van der Waals surface area contributed by atoms with Crippen molar-refractivity contribution in [3.05, 3.63) is 41.5 Å². The van der Waals surface area contributed by atoms with E-state index in [2.05, 4.69) is 10.8 Å². The molecule has 1 aromatic rings. The van der Waals surface area contributed by atoms with Crippen LogP contribution >= 0.6 is 0 Å². The van der Waals surface area contributed by atoms with E-state index in [-0.39, 0.29) is 11.5 Å². The number of carbonyl (C=O) groups is 1. The van der Waals surface area contributed by atoms with Gasteiger partial charge in [0, 0.05) is 6.54 Å². The second-order valence-corrected chi connectivity index (χ2v) is 7.27. The minimum atomic E-state index is -3.55. The second kappa shape index (κ2) is 8.26. The topological polar surface area (TPSA) is 72.5 Å².